The van der Waals surface area contributed by atoms with Gasteiger partial charge in [-0.05, 0) is 40.2 Å². The van der Waals surface area contributed by atoms with Gasteiger partial charge >= 0.3 is 0 Å². The standard InChI is InChI=1S/C12H16N2O2.C7H13NO2.C5H4BrN/c1-2-6-13-11(3-1)14-7-4-12(5-8-14)15-9-10-16-12;1-3-8-4-2-7(1)9-5-6-10-7;6-5-3-1-2-4-7-5/h1-3,6H,4-5,7-10H2;8H,1-6H2;1-4H. The summed E-state index contributed by atoms with van der Waals surface area (Å²) >= 11 is 3.20. The van der Waals surface area contributed by atoms with Crippen molar-refractivity contribution in [2.24, 2.45) is 0 Å². The average molecular weight is 521 g/mol. The molecule has 0 aliphatic carbocycles. The van der Waals surface area contributed by atoms with E-state index in [0.717, 1.165) is 88.7 Å². The van der Waals surface area contributed by atoms with Gasteiger partial charge in [0.15, 0.2) is 11.6 Å². The highest BCUT2D eigenvalue weighted by molar-refractivity contribution is 9.10. The monoisotopic (exact) mass is 520 g/mol. The lowest BCUT2D eigenvalue weighted by molar-refractivity contribution is -0.172. The summed E-state index contributed by atoms with van der Waals surface area (Å²) in [5, 5.41) is 3.28. The van der Waals surface area contributed by atoms with E-state index in [4.69, 9.17) is 18.9 Å². The summed E-state index contributed by atoms with van der Waals surface area (Å²) in [6, 6.07) is 11.7. The molecule has 6 heterocycles. The second-order valence-corrected chi connectivity index (χ2v) is 9.11. The molecule has 4 saturated heterocycles. The lowest BCUT2D eigenvalue weighted by Crippen LogP contribution is -2.45. The Labute approximate surface area is 204 Å². The molecule has 0 bridgehead atoms. The summed E-state index contributed by atoms with van der Waals surface area (Å²) in [6.07, 6.45) is 7.46. The number of pyridine rings is 2. The van der Waals surface area contributed by atoms with Crippen LogP contribution < -0.4 is 10.2 Å². The van der Waals surface area contributed by atoms with E-state index in [9.17, 15) is 0 Å². The number of hydrogen-bond donors (Lipinski definition) is 1. The van der Waals surface area contributed by atoms with Crippen LogP contribution in [-0.4, -0.2) is 74.1 Å². The molecule has 180 valence electrons. The van der Waals surface area contributed by atoms with Crippen molar-refractivity contribution in [2.45, 2.75) is 37.3 Å². The fraction of sp³-hybridized carbons (Fsp3) is 0.583. The van der Waals surface area contributed by atoms with Crippen LogP contribution in [0.25, 0.3) is 0 Å². The van der Waals surface area contributed by atoms with Gasteiger partial charge in [-0.1, -0.05) is 12.1 Å². The predicted octanol–water partition coefficient (Wildman–Crippen LogP) is 3.38. The fourth-order valence-electron chi connectivity index (χ4n) is 4.34. The molecule has 0 radical (unpaired) electrons. The smallest absolute Gasteiger partial charge is 0.171 e. The number of ether oxygens (including phenoxy) is 4. The molecule has 33 heavy (non-hydrogen) atoms. The van der Waals surface area contributed by atoms with Gasteiger partial charge in [-0.3, -0.25) is 0 Å². The van der Waals surface area contributed by atoms with Gasteiger partial charge in [-0.25, -0.2) is 9.97 Å². The Hall–Kier alpha value is -1.62. The van der Waals surface area contributed by atoms with Crippen molar-refractivity contribution in [1.29, 1.82) is 0 Å². The van der Waals surface area contributed by atoms with Gasteiger partial charge < -0.3 is 29.2 Å². The van der Waals surface area contributed by atoms with Crippen molar-refractivity contribution in [3.05, 3.63) is 53.4 Å². The predicted molar refractivity (Wildman–Crippen MR) is 129 cm³/mol. The van der Waals surface area contributed by atoms with Gasteiger partial charge in [0.2, 0.25) is 0 Å². The highest BCUT2D eigenvalue weighted by atomic mass is 79.9. The van der Waals surface area contributed by atoms with Gasteiger partial charge in [-0.2, -0.15) is 0 Å². The number of nitrogens with one attached hydrogen (secondary N) is 1. The van der Waals surface area contributed by atoms with Crippen LogP contribution in [0.15, 0.2) is 53.4 Å². The average Bonchev–Trinajstić information content (AvgIpc) is 3.52. The molecule has 2 spiro atoms. The van der Waals surface area contributed by atoms with E-state index in [0.29, 0.717) is 0 Å². The largest absolute Gasteiger partial charge is 0.356 e. The fourth-order valence-corrected chi connectivity index (χ4v) is 4.61. The van der Waals surface area contributed by atoms with Crippen LogP contribution in [-0.2, 0) is 18.9 Å². The lowest BCUT2D eigenvalue weighted by Gasteiger charge is -2.38. The Morgan fingerprint density at radius 2 is 1.27 bits per heavy atom. The summed E-state index contributed by atoms with van der Waals surface area (Å²) in [4.78, 5) is 10.5. The van der Waals surface area contributed by atoms with E-state index >= 15 is 0 Å². The van der Waals surface area contributed by atoms with Crippen molar-refractivity contribution in [3.63, 3.8) is 0 Å². The van der Waals surface area contributed by atoms with Gasteiger partial charge in [0, 0.05) is 64.3 Å². The van der Waals surface area contributed by atoms with Gasteiger partial charge in [0.25, 0.3) is 0 Å². The molecule has 0 aromatic carbocycles. The molecule has 4 aliphatic heterocycles. The molecule has 4 aliphatic rings. The van der Waals surface area contributed by atoms with Gasteiger partial charge in [-0.15, -0.1) is 0 Å². The van der Waals surface area contributed by atoms with Crippen LogP contribution in [0.4, 0.5) is 5.82 Å². The first-order chi connectivity index (χ1) is 16.2. The van der Waals surface area contributed by atoms with Gasteiger partial charge in [0.1, 0.15) is 10.4 Å². The molecule has 1 N–H and O–H groups in total. The van der Waals surface area contributed by atoms with Crippen molar-refractivity contribution in [2.75, 3.05) is 57.5 Å². The molecule has 2 aromatic rings. The minimum Gasteiger partial charge on any atom is -0.356 e. The zero-order valence-electron chi connectivity index (χ0n) is 19.0. The summed E-state index contributed by atoms with van der Waals surface area (Å²) in [5.74, 6) is 0.576. The Kier molecular flexibility index (Phi) is 9.05. The zero-order chi connectivity index (χ0) is 22.8. The van der Waals surface area contributed by atoms with E-state index < -0.39 is 0 Å². The Balaban J connectivity index is 0.000000130. The lowest BCUT2D eigenvalue weighted by atomic mass is 10.0. The second kappa shape index (κ2) is 12.2. The molecular formula is C24H33BrN4O4. The van der Waals surface area contributed by atoms with Crippen LogP contribution in [0.2, 0.25) is 0 Å². The van der Waals surface area contributed by atoms with Crippen LogP contribution in [0.5, 0.6) is 0 Å². The number of halogens is 1. The first kappa shape index (κ1) is 24.5. The Morgan fingerprint density at radius 3 is 1.73 bits per heavy atom. The van der Waals surface area contributed by atoms with E-state index in [1.807, 2.05) is 42.6 Å². The van der Waals surface area contributed by atoms with Crippen molar-refractivity contribution in [3.8, 4) is 0 Å². The normalized spacial score (nSPS) is 22.9. The molecule has 0 saturated carbocycles. The van der Waals surface area contributed by atoms with Crippen molar-refractivity contribution in [1.82, 2.24) is 15.3 Å². The molecule has 8 nitrogen and oxygen atoms in total. The van der Waals surface area contributed by atoms with Gasteiger partial charge in [0.05, 0.1) is 26.4 Å². The number of aromatic nitrogens is 2. The van der Waals surface area contributed by atoms with Crippen LogP contribution in [0, 0.1) is 0 Å². The van der Waals surface area contributed by atoms with Crippen molar-refractivity contribution < 1.29 is 18.9 Å². The maximum Gasteiger partial charge on any atom is 0.171 e. The third kappa shape index (κ3) is 7.18. The number of hydrogen-bond acceptors (Lipinski definition) is 8. The third-order valence-corrected chi connectivity index (χ3v) is 6.59. The Bertz CT molecular complexity index is 800. The summed E-state index contributed by atoms with van der Waals surface area (Å²) in [5.41, 5.74) is 0. The maximum absolute atomic E-state index is 5.70. The summed E-state index contributed by atoms with van der Waals surface area (Å²) < 4.78 is 23.3. The topological polar surface area (TPSA) is 78.0 Å². The molecule has 0 amide bonds. The number of rotatable bonds is 1. The molecule has 4 fully saturated rings. The second-order valence-electron chi connectivity index (χ2n) is 8.29. The summed E-state index contributed by atoms with van der Waals surface area (Å²) in [6.45, 7) is 7.00. The zero-order valence-corrected chi connectivity index (χ0v) is 20.5. The van der Waals surface area contributed by atoms with E-state index in [2.05, 4.69) is 36.1 Å². The van der Waals surface area contributed by atoms with Crippen LogP contribution >= 0.6 is 15.9 Å². The number of anilines is 1. The highest BCUT2D eigenvalue weighted by Crippen LogP contribution is 2.32. The van der Waals surface area contributed by atoms with Crippen LogP contribution in [0.1, 0.15) is 25.7 Å². The molecular weight excluding hydrogens is 488 g/mol. The Morgan fingerprint density at radius 1 is 0.727 bits per heavy atom. The first-order valence-electron chi connectivity index (χ1n) is 11.7. The highest BCUT2D eigenvalue weighted by Gasteiger charge is 2.40. The van der Waals surface area contributed by atoms with Crippen LogP contribution in [0.3, 0.4) is 0 Å². The molecule has 6 rings (SSSR count). The molecule has 2 aromatic heterocycles. The van der Waals surface area contributed by atoms with E-state index in [1.54, 1.807) is 6.20 Å². The molecule has 9 heteroatoms. The minimum absolute atomic E-state index is 0.189. The summed E-state index contributed by atoms with van der Waals surface area (Å²) in [7, 11) is 0. The molecule has 0 atom stereocenters. The first-order valence-corrected chi connectivity index (χ1v) is 12.5. The van der Waals surface area contributed by atoms with Crippen molar-refractivity contribution >= 4 is 21.7 Å². The maximum atomic E-state index is 5.70. The number of nitrogens with zero attached hydrogens (tertiary/aromatic N) is 3. The molecule has 0 unspecified atom stereocenters. The van der Waals surface area contributed by atoms with E-state index in [1.165, 1.54) is 0 Å². The third-order valence-electron chi connectivity index (χ3n) is 6.12. The number of piperidine rings is 2. The quantitative estimate of drug-likeness (QED) is 0.573. The SMILES string of the molecule is Brc1ccccn1.C1CC2(CCN1)OCCO2.c1ccc(N2CCC3(CC2)OCCO3)nc1. The van der Waals surface area contributed by atoms with E-state index in [-0.39, 0.29) is 11.6 Å². The minimum atomic E-state index is -0.286.